The van der Waals surface area contributed by atoms with E-state index in [4.69, 9.17) is 13.7 Å². The van der Waals surface area contributed by atoms with Gasteiger partial charge in [0.2, 0.25) is 5.89 Å². The van der Waals surface area contributed by atoms with E-state index in [1.807, 2.05) is 42.5 Å². The van der Waals surface area contributed by atoms with Crippen molar-refractivity contribution in [1.82, 2.24) is 10.1 Å². The molecule has 0 unspecified atom stereocenters. The van der Waals surface area contributed by atoms with Gasteiger partial charge < -0.3 is 13.7 Å². The Morgan fingerprint density at radius 3 is 2.78 bits per heavy atom. The van der Waals surface area contributed by atoms with Gasteiger partial charge >= 0.3 is 5.97 Å². The first-order chi connectivity index (χ1) is 13.2. The lowest BCUT2D eigenvalue weighted by atomic mass is 10.2. The van der Waals surface area contributed by atoms with Crippen molar-refractivity contribution in [3.63, 3.8) is 0 Å². The normalized spacial score (nSPS) is 11.0. The fourth-order valence-corrected chi connectivity index (χ4v) is 3.50. The van der Waals surface area contributed by atoms with Gasteiger partial charge in [0.1, 0.15) is 18.0 Å². The second-order valence-electron chi connectivity index (χ2n) is 5.85. The summed E-state index contributed by atoms with van der Waals surface area (Å²) in [6.45, 7) is 1.84. The second-order valence-corrected chi connectivity index (χ2v) is 6.86. The highest BCUT2D eigenvalue weighted by atomic mass is 32.2. The summed E-state index contributed by atoms with van der Waals surface area (Å²) < 4.78 is 16.2. The number of hydrogen-bond donors (Lipinski definition) is 0. The summed E-state index contributed by atoms with van der Waals surface area (Å²) in [5, 5.41) is 4.75. The van der Waals surface area contributed by atoms with Crippen molar-refractivity contribution < 1.29 is 18.5 Å². The van der Waals surface area contributed by atoms with Gasteiger partial charge in [-0.2, -0.15) is 4.98 Å². The van der Waals surface area contributed by atoms with Gasteiger partial charge in [-0.05, 0) is 31.2 Å². The zero-order valence-corrected chi connectivity index (χ0v) is 15.4. The zero-order valence-electron chi connectivity index (χ0n) is 14.5. The minimum atomic E-state index is -0.403. The summed E-state index contributed by atoms with van der Waals surface area (Å²) in [5.74, 6) is 1.79. The molecule has 2 aromatic carbocycles. The van der Waals surface area contributed by atoms with Gasteiger partial charge in [0, 0.05) is 10.3 Å². The maximum atomic E-state index is 12.5. The molecule has 0 radical (unpaired) electrons. The van der Waals surface area contributed by atoms with Crippen molar-refractivity contribution in [1.29, 1.82) is 0 Å². The van der Waals surface area contributed by atoms with E-state index in [0.29, 0.717) is 28.8 Å². The largest absolute Gasteiger partial charge is 0.457 e. The van der Waals surface area contributed by atoms with Crippen LogP contribution in [0.5, 0.6) is 0 Å². The smallest absolute Gasteiger partial charge is 0.339 e. The van der Waals surface area contributed by atoms with E-state index < -0.39 is 5.97 Å². The molecule has 4 aromatic rings. The van der Waals surface area contributed by atoms with Crippen LogP contribution in [0.15, 0.2) is 68.4 Å². The van der Waals surface area contributed by atoms with Crippen molar-refractivity contribution >= 4 is 28.7 Å². The summed E-state index contributed by atoms with van der Waals surface area (Å²) in [4.78, 5) is 17.5. The van der Waals surface area contributed by atoms with E-state index in [2.05, 4.69) is 10.1 Å². The number of furan rings is 1. The van der Waals surface area contributed by atoms with Crippen LogP contribution in [0.25, 0.3) is 11.0 Å². The van der Waals surface area contributed by atoms with Crippen molar-refractivity contribution in [2.45, 2.75) is 24.2 Å². The van der Waals surface area contributed by atoms with Crippen LogP contribution in [0.3, 0.4) is 0 Å². The SMILES string of the molecule is Cc1noc(CSc2ccccc2C(=O)OCc2cc3ccccc3o2)n1. The maximum absolute atomic E-state index is 12.5. The minimum absolute atomic E-state index is 0.0787. The molecule has 0 bridgehead atoms. The first-order valence-electron chi connectivity index (χ1n) is 8.34. The molecule has 2 heterocycles. The van der Waals surface area contributed by atoms with Crippen LogP contribution in [-0.2, 0) is 17.1 Å². The number of carbonyl (C=O) groups excluding carboxylic acids is 1. The monoisotopic (exact) mass is 380 g/mol. The van der Waals surface area contributed by atoms with Gasteiger partial charge in [-0.1, -0.05) is 35.5 Å². The van der Waals surface area contributed by atoms with E-state index in [1.54, 1.807) is 19.1 Å². The van der Waals surface area contributed by atoms with Crippen molar-refractivity contribution in [3.05, 3.63) is 77.6 Å². The average Bonchev–Trinajstić information content (AvgIpc) is 3.30. The van der Waals surface area contributed by atoms with Crippen molar-refractivity contribution in [2.75, 3.05) is 0 Å². The highest BCUT2D eigenvalue weighted by Crippen LogP contribution is 2.27. The number of nitrogens with zero attached hydrogens (tertiary/aromatic N) is 2. The van der Waals surface area contributed by atoms with Crippen LogP contribution in [0.2, 0.25) is 0 Å². The number of hydrogen-bond acceptors (Lipinski definition) is 7. The molecule has 0 aliphatic rings. The number of thioether (sulfide) groups is 1. The molecule has 0 saturated heterocycles. The average molecular weight is 380 g/mol. The molecule has 6 nitrogen and oxygen atoms in total. The van der Waals surface area contributed by atoms with Crippen LogP contribution in [-0.4, -0.2) is 16.1 Å². The Balaban J connectivity index is 1.43. The van der Waals surface area contributed by atoms with E-state index >= 15 is 0 Å². The lowest BCUT2D eigenvalue weighted by molar-refractivity contribution is 0.0443. The van der Waals surface area contributed by atoms with E-state index in [0.717, 1.165) is 15.9 Å². The Morgan fingerprint density at radius 1 is 1.15 bits per heavy atom. The molecule has 0 aliphatic carbocycles. The molecule has 27 heavy (non-hydrogen) atoms. The number of aryl methyl sites for hydroxylation is 1. The molecular weight excluding hydrogens is 364 g/mol. The number of aromatic nitrogens is 2. The maximum Gasteiger partial charge on any atom is 0.339 e. The lowest BCUT2D eigenvalue weighted by Crippen LogP contribution is -2.06. The van der Waals surface area contributed by atoms with E-state index in [1.165, 1.54) is 11.8 Å². The Labute approximate surface area is 159 Å². The summed E-state index contributed by atoms with van der Waals surface area (Å²) in [6.07, 6.45) is 0. The minimum Gasteiger partial charge on any atom is -0.457 e. The van der Waals surface area contributed by atoms with Crippen LogP contribution in [0, 0.1) is 6.92 Å². The number of carbonyl (C=O) groups is 1. The Kier molecular flexibility index (Phi) is 4.93. The third-order valence-corrected chi connectivity index (χ3v) is 4.91. The molecular formula is C20H16N2O4S. The first kappa shape index (κ1) is 17.4. The second kappa shape index (κ2) is 7.67. The fourth-order valence-electron chi connectivity index (χ4n) is 2.62. The molecule has 0 atom stereocenters. The molecule has 0 fully saturated rings. The molecule has 0 amide bonds. The van der Waals surface area contributed by atoms with Gasteiger partial charge in [-0.25, -0.2) is 4.79 Å². The third kappa shape index (κ3) is 4.03. The molecule has 136 valence electrons. The summed E-state index contributed by atoms with van der Waals surface area (Å²) in [7, 11) is 0. The highest BCUT2D eigenvalue weighted by Gasteiger charge is 2.15. The van der Waals surface area contributed by atoms with Crippen molar-refractivity contribution in [3.8, 4) is 0 Å². The van der Waals surface area contributed by atoms with Crippen LogP contribution >= 0.6 is 11.8 Å². The fraction of sp³-hybridized carbons (Fsp3) is 0.150. The van der Waals surface area contributed by atoms with Crippen LogP contribution in [0.4, 0.5) is 0 Å². The Hall–Kier alpha value is -3.06. The van der Waals surface area contributed by atoms with Gasteiger partial charge in [-0.15, -0.1) is 11.8 Å². The van der Waals surface area contributed by atoms with Crippen LogP contribution in [0.1, 0.15) is 27.8 Å². The first-order valence-corrected chi connectivity index (χ1v) is 9.33. The summed E-state index contributed by atoms with van der Waals surface area (Å²) in [6, 6.07) is 16.8. The van der Waals surface area contributed by atoms with Gasteiger partial charge in [-0.3, -0.25) is 0 Å². The van der Waals surface area contributed by atoms with E-state index in [-0.39, 0.29) is 6.61 Å². The molecule has 0 saturated carbocycles. The lowest BCUT2D eigenvalue weighted by Gasteiger charge is -2.07. The van der Waals surface area contributed by atoms with E-state index in [9.17, 15) is 4.79 Å². The Bertz CT molecular complexity index is 1050. The molecule has 2 aromatic heterocycles. The predicted octanol–water partition coefficient (Wildman–Crippen LogP) is 4.77. The number of ether oxygens (including phenoxy) is 1. The Morgan fingerprint density at radius 2 is 1.96 bits per heavy atom. The number of benzene rings is 2. The van der Waals surface area contributed by atoms with Gasteiger partial charge in [0.15, 0.2) is 5.82 Å². The zero-order chi connectivity index (χ0) is 18.6. The molecule has 0 N–H and O–H groups in total. The molecule has 0 spiro atoms. The van der Waals surface area contributed by atoms with Gasteiger partial charge in [0.25, 0.3) is 0 Å². The quantitative estimate of drug-likeness (QED) is 0.352. The van der Waals surface area contributed by atoms with Gasteiger partial charge in [0.05, 0.1) is 11.3 Å². The number of fused-ring (bicyclic) bond motifs is 1. The molecule has 7 heteroatoms. The number of esters is 1. The molecule has 0 aliphatic heterocycles. The number of rotatable bonds is 6. The molecule has 4 rings (SSSR count). The summed E-state index contributed by atoms with van der Waals surface area (Å²) in [5.41, 5.74) is 1.27. The van der Waals surface area contributed by atoms with Crippen molar-refractivity contribution in [2.24, 2.45) is 0 Å². The van der Waals surface area contributed by atoms with Crippen LogP contribution < -0.4 is 0 Å². The third-order valence-electron chi connectivity index (χ3n) is 3.85. The topological polar surface area (TPSA) is 78.4 Å². The standard InChI is InChI=1S/C20H16N2O4S/c1-13-21-19(26-22-13)12-27-18-9-5-3-7-16(18)20(23)24-11-15-10-14-6-2-4-8-17(14)25-15/h2-10H,11-12H2,1H3. The summed E-state index contributed by atoms with van der Waals surface area (Å²) >= 11 is 1.45. The highest BCUT2D eigenvalue weighted by molar-refractivity contribution is 7.98. The predicted molar refractivity (Wildman–Crippen MR) is 100 cm³/mol. The number of para-hydroxylation sites is 1.